The molecule has 1 aliphatic rings. The second-order valence-electron chi connectivity index (χ2n) is 5.29. The topological polar surface area (TPSA) is 48.0 Å². The molecule has 0 bridgehead atoms. The van der Waals surface area contributed by atoms with E-state index in [1.165, 1.54) is 14.2 Å². The lowest BCUT2D eigenvalue weighted by molar-refractivity contribution is -0.218. The number of carbonyl (C=O) groups is 1. The quantitative estimate of drug-likeness (QED) is 0.735. The van der Waals surface area contributed by atoms with Crippen LogP contribution in [0.2, 0.25) is 10.0 Å². The number of amides is 1. The van der Waals surface area contributed by atoms with Crippen molar-refractivity contribution in [3.8, 4) is 0 Å². The molecule has 0 unspecified atom stereocenters. The van der Waals surface area contributed by atoms with Crippen LogP contribution in [-0.4, -0.2) is 36.0 Å². The lowest BCUT2D eigenvalue weighted by atomic mass is 9.94. The van der Waals surface area contributed by atoms with Gasteiger partial charge < -0.3 is 9.47 Å². The second kappa shape index (κ2) is 6.65. The Morgan fingerprint density at radius 2 is 2.00 bits per heavy atom. The van der Waals surface area contributed by atoms with Crippen LogP contribution in [0.15, 0.2) is 24.0 Å². The first-order chi connectivity index (χ1) is 10.7. The van der Waals surface area contributed by atoms with Crippen LogP contribution in [0.5, 0.6) is 0 Å². The average Bonchev–Trinajstić information content (AvgIpc) is 2.47. The number of hydrogen-bond donors (Lipinski definition) is 0. The summed E-state index contributed by atoms with van der Waals surface area (Å²) < 4.78 is 10.4. The van der Waals surface area contributed by atoms with E-state index in [1.807, 2.05) is 0 Å². The van der Waals surface area contributed by atoms with Crippen molar-refractivity contribution < 1.29 is 19.1 Å². The molecule has 0 radical (unpaired) electrons. The summed E-state index contributed by atoms with van der Waals surface area (Å²) in [4.78, 5) is 18.2. The van der Waals surface area contributed by atoms with Crippen molar-refractivity contribution >= 4 is 52.1 Å². The van der Waals surface area contributed by atoms with Gasteiger partial charge in [-0.25, -0.2) is 5.06 Å². The van der Waals surface area contributed by atoms with Gasteiger partial charge in [-0.3, -0.25) is 9.63 Å². The van der Waals surface area contributed by atoms with Crippen molar-refractivity contribution in [1.82, 2.24) is 5.06 Å². The molecule has 0 aliphatic carbocycles. The van der Waals surface area contributed by atoms with Crippen molar-refractivity contribution in [2.45, 2.75) is 19.4 Å². The molecule has 1 aromatic carbocycles. The number of hydrogen-bond acceptors (Lipinski definition) is 5. The molecule has 124 valence electrons. The summed E-state index contributed by atoms with van der Waals surface area (Å²) in [6.45, 7) is 3.48. The van der Waals surface area contributed by atoms with Gasteiger partial charge in [0.1, 0.15) is 5.60 Å². The minimum Gasteiger partial charge on any atom is -0.460 e. The second-order valence-corrected chi connectivity index (χ2v) is 6.47. The minimum atomic E-state index is -0.966. The molecule has 5 nitrogen and oxygen atoms in total. The van der Waals surface area contributed by atoms with Gasteiger partial charge >= 0.3 is 5.24 Å². The van der Waals surface area contributed by atoms with Gasteiger partial charge in [-0.2, -0.15) is 0 Å². The number of hydroxylamine groups is 2. The van der Waals surface area contributed by atoms with Gasteiger partial charge in [0.2, 0.25) is 0 Å². The number of methoxy groups -OCH3 is 1. The van der Waals surface area contributed by atoms with Crippen molar-refractivity contribution in [3.05, 3.63) is 39.6 Å². The zero-order chi connectivity index (χ0) is 17.4. The van der Waals surface area contributed by atoms with Gasteiger partial charge in [0, 0.05) is 34.9 Å². The predicted octanol–water partition coefficient (Wildman–Crippen LogP) is 3.83. The summed E-state index contributed by atoms with van der Waals surface area (Å²) in [6.07, 6.45) is 0. The molecular formula is C15H15Cl2NO4S. The molecule has 0 saturated heterocycles. The first kappa shape index (κ1) is 18.0. The highest BCUT2D eigenvalue weighted by molar-refractivity contribution is 7.79. The van der Waals surface area contributed by atoms with Gasteiger partial charge in [0.15, 0.2) is 5.76 Å². The van der Waals surface area contributed by atoms with Crippen LogP contribution in [0.4, 0.5) is 0 Å². The maximum absolute atomic E-state index is 12.6. The Labute approximate surface area is 149 Å². The number of ether oxygens (including phenoxy) is 2. The third kappa shape index (κ3) is 3.61. The third-order valence-corrected chi connectivity index (χ3v) is 4.00. The Hall–Kier alpha value is -1.34. The minimum absolute atomic E-state index is 0.135. The monoisotopic (exact) mass is 375 g/mol. The van der Waals surface area contributed by atoms with E-state index in [9.17, 15) is 4.79 Å². The van der Waals surface area contributed by atoms with Gasteiger partial charge in [0.25, 0.3) is 5.91 Å². The molecular weight excluding hydrogens is 361 g/mol. The van der Waals surface area contributed by atoms with Crippen LogP contribution in [0, 0.1) is 0 Å². The van der Waals surface area contributed by atoms with Crippen LogP contribution in [-0.2, 0) is 19.1 Å². The zero-order valence-electron chi connectivity index (χ0n) is 13.0. The number of rotatable bonds is 2. The SMILES string of the molecule is COC(=S)OC1=C(c2cc(Cl)ccc2Cl)C(=O)N(C)OC1(C)C. The van der Waals surface area contributed by atoms with Crippen LogP contribution in [0.25, 0.3) is 5.57 Å². The highest BCUT2D eigenvalue weighted by atomic mass is 35.5. The van der Waals surface area contributed by atoms with Gasteiger partial charge in [-0.15, -0.1) is 0 Å². The van der Waals surface area contributed by atoms with E-state index in [0.717, 1.165) is 5.06 Å². The van der Waals surface area contributed by atoms with Crippen LogP contribution in [0.3, 0.4) is 0 Å². The molecule has 0 saturated carbocycles. The molecule has 0 atom stereocenters. The Morgan fingerprint density at radius 1 is 1.35 bits per heavy atom. The highest BCUT2D eigenvalue weighted by Gasteiger charge is 2.42. The summed E-state index contributed by atoms with van der Waals surface area (Å²) in [5, 5.41) is 1.78. The van der Waals surface area contributed by atoms with E-state index >= 15 is 0 Å². The number of halogens is 2. The molecule has 23 heavy (non-hydrogen) atoms. The van der Waals surface area contributed by atoms with Gasteiger partial charge in [-0.05, 0) is 32.0 Å². The fourth-order valence-electron chi connectivity index (χ4n) is 2.21. The zero-order valence-corrected chi connectivity index (χ0v) is 15.3. The largest absolute Gasteiger partial charge is 0.460 e. The molecule has 0 N–H and O–H groups in total. The number of benzene rings is 1. The van der Waals surface area contributed by atoms with E-state index in [0.29, 0.717) is 15.6 Å². The molecule has 0 aromatic heterocycles. The summed E-state index contributed by atoms with van der Waals surface area (Å²) in [5.74, 6) is -0.223. The molecule has 1 amide bonds. The number of nitrogens with zero attached hydrogens (tertiary/aromatic N) is 1. The average molecular weight is 376 g/mol. The maximum atomic E-state index is 12.6. The molecule has 0 fully saturated rings. The van der Waals surface area contributed by atoms with E-state index in [1.54, 1.807) is 32.0 Å². The number of likely N-dealkylation sites (N-methyl/N-ethyl adjacent to an activating group) is 1. The van der Waals surface area contributed by atoms with Crippen LogP contribution >= 0.6 is 35.4 Å². The Morgan fingerprint density at radius 3 is 2.61 bits per heavy atom. The molecule has 1 aliphatic heterocycles. The predicted molar refractivity (Wildman–Crippen MR) is 92.0 cm³/mol. The van der Waals surface area contributed by atoms with E-state index in [4.69, 9.17) is 49.7 Å². The van der Waals surface area contributed by atoms with Crippen LogP contribution < -0.4 is 0 Å². The molecule has 1 heterocycles. The lowest BCUT2D eigenvalue weighted by Crippen LogP contribution is -2.46. The van der Waals surface area contributed by atoms with Gasteiger partial charge in [0.05, 0.1) is 12.7 Å². The Bertz CT molecular complexity index is 703. The summed E-state index contributed by atoms with van der Waals surface area (Å²) in [5.41, 5.74) is -0.316. The smallest absolute Gasteiger partial charge is 0.357 e. The lowest BCUT2D eigenvalue weighted by Gasteiger charge is -2.37. The summed E-state index contributed by atoms with van der Waals surface area (Å²) in [6, 6.07) is 4.83. The van der Waals surface area contributed by atoms with E-state index in [-0.39, 0.29) is 16.6 Å². The Balaban J connectivity index is 2.73. The van der Waals surface area contributed by atoms with Gasteiger partial charge in [-0.1, -0.05) is 23.2 Å². The fraction of sp³-hybridized carbons (Fsp3) is 0.333. The number of thiocarbonyl (C=S) groups is 1. The molecule has 1 aromatic rings. The maximum Gasteiger partial charge on any atom is 0.357 e. The van der Waals surface area contributed by atoms with Crippen molar-refractivity contribution in [1.29, 1.82) is 0 Å². The Kier molecular flexibility index (Phi) is 5.20. The van der Waals surface area contributed by atoms with Crippen molar-refractivity contribution in [2.75, 3.05) is 14.2 Å². The van der Waals surface area contributed by atoms with E-state index < -0.39 is 11.5 Å². The molecule has 8 heteroatoms. The van der Waals surface area contributed by atoms with E-state index in [2.05, 4.69) is 0 Å². The highest BCUT2D eigenvalue weighted by Crippen LogP contribution is 2.39. The third-order valence-electron chi connectivity index (χ3n) is 3.19. The molecule has 2 rings (SSSR count). The molecule has 0 spiro atoms. The van der Waals surface area contributed by atoms with Crippen molar-refractivity contribution in [3.63, 3.8) is 0 Å². The summed E-state index contributed by atoms with van der Waals surface area (Å²) >= 11 is 17.2. The van der Waals surface area contributed by atoms with Crippen molar-refractivity contribution in [2.24, 2.45) is 0 Å². The normalized spacial score (nSPS) is 17.3. The van der Waals surface area contributed by atoms with Crippen LogP contribution in [0.1, 0.15) is 19.4 Å². The summed E-state index contributed by atoms with van der Waals surface area (Å²) in [7, 11) is 2.88. The fourth-order valence-corrected chi connectivity index (χ4v) is 2.67. The number of carbonyl (C=O) groups excluding carboxylic acids is 1. The first-order valence-corrected chi connectivity index (χ1v) is 7.77. The standard InChI is InChI=1S/C15H15Cl2NO4S/c1-15(2)12(21-14(23)20-4)11(13(19)18(3)22-15)9-7-8(16)5-6-10(9)17/h5-7H,1-4H3. The first-order valence-electron chi connectivity index (χ1n) is 6.60.